The first-order valence-electron chi connectivity index (χ1n) is 12.0. The van der Waals surface area contributed by atoms with Crippen molar-refractivity contribution in [1.29, 1.82) is 10.7 Å². The van der Waals surface area contributed by atoms with Gasteiger partial charge >= 0.3 is 0 Å². The van der Waals surface area contributed by atoms with Crippen LogP contribution in [0.4, 0.5) is 5.82 Å². The van der Waals surface area contributed by atoms with Crippen molar-refractivity contribution in [2.45, 2.75) is 26.1 Å². The Bertz CT molecular complexity index is 1390. The van der Waals surface area contributed by atoms with Crippen LogP contribution in [0.2, 0.25) is 5.02 Å². The van der Waals surface area contributed by atoms with Crippen molar-refractivity contribution in [2.24, 2.45) is 0 Å². The number of ether oxygens (including phenoxy) is 1. The minimum absolute atomic E-state index is 0.101. The van der Waals surface area contributed by atoms with Gasteiger partial charge in [-0.1, -0.05) is 17.7 Å². The maximum atomic E-state index is 10.0. The van der Waals surface area contributed by atoms with Gasteiger partial charge in [0.05, 0.1) is 34.2 Å². The number of anilines is 1. The van der Waals surface area contributed by atoms with Crippen molar-refractivity contribution in [3.8, 4) is 23.2 Å². The fourth-order valence-corrected chi connectivity index (χ4v) is 4.52. The molecule has 1 atom stereocenters. The summed E-state index contributed by atoms with van der Waals surface area (Å²) in [5.74, 6) is 1.52. The lowest BCUT2D eigenvalue weighted by atomic mass is 10.1. The molecule has 11 heteroatoms. The monoisotopic (exact) mass is 532 g/mol. The zero-order valence-electron chi connectivity index (χ0n) is 21.4. The molecule has 0 spiro atoms. The highest BCUT2D eigenvalue weighted by Gasteiger charge is 2.26. The van der Waals surface area contributed by atoms with Crippen molar-refractivity contribution in [1.82, 2.24) is 25.6 Å². The molecule has 196 valence electrons. The van der Waals surface area contributed by atoms with Gasteiger partial charge in [0.15, 0.2) is 5.82 Å². The zero-order chi connectivity index (χ0) is 27.2. The molecule has 4 N–H and O–H groups in total. The number of benzene rings is 1. The second-order valence-electron chi connectivity index (χ2n) is 8.77. The van der Waals surface area contributed by atoms with Crippen LogP contribution in [0.1, 0.15) is 22.5 Å². The van der Waals surface area contributed by atoms with E-state index in [4.69, 9.17) is 31.7 Å². The molecule has 10 nitrogen and oxygen atoms in total. The Morgan fingerprint density at radius 1 is 1.32 bits per heavy atom. The van der Waals surface area contributed by atoms with E-state index >= 15 is 0 Å². The Hall–Kier alpha value is -4.04. The molecule has 38 heavy (non-hydrogen) atoms. The third-order valence-electron chi connectivity index (χ3n) is 6.19. The SMILES string of the molecule is CNC[C@@H](O)COc1ccc(Cl)c(-c2nc(/C(NC)=C(\C#N)C=N)c(C)c(N3Cc4cccnc4C3)n2)c1. The molecule has 3 heterocycles. The van der Waals surface area contributed by atoms with E-state index in [1.54, 1.807) is 38.5 Å². The minimum Gasteiger partial charge on any atom is -0.491 e. The first-order chi connectivity index (χ1) is 18.4. The molecule has 0 fully saturated rings. The van der Waals surface area contributed by atoms with E-state index in [-0.39, 0.29) is 12.2 Å². The summed E-state index contributed by atoms with van der Waals surface area (Å²) in [5.41, 5.74) is 4.42. The van der Waals surface area contributed by atoms with Gasteiger partial charge in [0, 0.05) is 43.7 Å². The second-order valence-corrected chi connectivity index (χ2v) is 9.18. The number of rotatable bonds is 10. The smallest absolute Gasteiger partial charge is 0.163 e. The molecule has 0 aliphatic carbocycles. The highest BCUT2D eigenvalue weighted by atomic mass is 35.5. The van der Waals surface area contributed by atoms with Crippen LogP contribution in [0.5, 0.6) is 5.75 Å². The first-order valence-corrected chi connectivity index (χ1v) is 12.4. The van der Waals surface area contributed by atoms with Crippen LogP contribution in [0.15, 0.2) is 42.1 Å². The van der Waals surface area contributed by atoms with Gasteiger partial charge in [-0.3, -0.25) is 4.98 Å². The van der Waals surface area contributed by atoms with Crippen molar-refractivity contribution in [2.75, 3.05) is 32.1 Å². The van der Waals surface area contributed by atoms with Gasteiger partial charge in [0.2, 0.25) is 0 Å². The van der Waals surface area contributed by atoms with Crippen LogP contribution >= 0.6 is 11.6 Å². The maximum absolute atomic E-state index is 10.0. The summed E-state index contributed by atoms with van der Waals surface area (Å²) in [6, 6.07) is 11.2. The summed E-state index contributed by atoms with van der Waals surface area (Å²) in [6.45, 7) is 3.58. The second kappa shape index (κ2) is 12.0. The number of nitrogens with zero attached hydrogens (tertiary/aromatic N) is 5. The quantitative estimate of drug-likeness (QED) is 0.229. The van der Waals surface area contributed by atoms with Crippen molar-refractivity contribution in [3.63, 3.8) is 0 Å². The van der Waals surface area contributed by atoms with Crippen LogP contribution in [-0.4, -0.2) is 59.6 Å². The standard InChI is InChI=1S/C27H29ClN8O2/c1-16-24(25(32-3)18(10-29)11-30)34-26(35-27(16)36-13-17-5-4-8-33-23(17)14-36)21-9-20(6-7-22(21)28)38-15-19(37)12-31-2/h4-10,19,29,31-32,37H,12-15H2,1-3H3/b25-18+,29-10?/t19-/m1/s1. The number of hydrogen-bond acceptors (Lipinski definition) is 10. The number of nitriles is 1. The van der Waals surface area contributed by atoms with E-state index in [0.29, 0.717) is 59.0 Å². The molecule has 0 radical (unpaired) electrons. The number of aliphatic hydroxyl groups is 1. The predicted molar refractivity (Wildman–Crippen MR) is 147 cm³/mol. The summed E-state index contributed by atoms with van der Waals surface area (Å²) in [4.78, 5) is 16.3. The molecular weight excluding hydrogens is 504 g/mol. The summed E-state index contributed by atoms with van der Waals surface area (Å²) in [6.07, 6.45) is 2.10. The maximum Gasteiger partial charge on any atom is 0.163 e. The number of allylic oxidation sites excluding steroid dienone is 1. The molecule has 0 saturated heterocycles. The Morgan fingerprint density at radius 2 is 2.13 bits per heavy atom. The van der Waals surface area contributed by atoms with Crippen molar-refractivity contribution >= 4 is 29.3 Å². The normalized spacial score (nSPS) is 13.8. The van der Waals surface area contributed by atoms with Crippen LogP contribution in [0.3, 0.4) is 0 Å². The lowest BCUT2D eigenvalue weighted by Gasteiger charge is -2.22. The summed E-state index contributed by atoms with van der Waals surface area (Å²) < 4.78 is 5.79. The van der Waals surface area contributed by atoms with Crippen molar-refractivity contribution < 1.29 is 9.84 Å². The van der Waals surface area contributed by atoms with E-state index in [9.17, 15) is 10.4 Å². The molecule has 0 amide bonds. The van der Waals surface area contributed by atoms with Crippen LogP contribution in [0, 0.1) is 23.7 Å². The summed E-state index contributed by atoms with van der Waals surface area (Å²) in [5, 5.41) is 33.8. The van der Waals surface area contributed by atoms with Crippen LogP contribution in [0.25, 0.3) is 17.1 Å². The summed E-state index contributed by atoms with van der Waals surface area (Å²) >= 11 is 6.62. The lowest BCUT2D eigenvalue weighted by Crippen LogP contribution is -2.29. The molecule has 3 aromatic rings. The van der Waals surface area contributed by atoms with Crippen LogP contribution < -0.4 is 20.3 Å². The largest absolute Gasteiger partial charge is 0.491 e. The van der Waals surface area contributed by atoms with Gasteiger partial charge in [0.1, 0.15) is 30.3 Å². The van der Waals surface area contributed by atoms with Gasteiger partial charge in [-0.25, -0.2) is 9.97 Å². The Labute approximate surface area is 226 Å². The third kappa shape index (κ3) is 5.60. The number of likely N-dealkylation sites (N-methyl/N-ethyl adjacent to an activating group) is 1. The Morgan fingerprint density at radius 3 is 2.82 bits per heavy atom. The Balaban J connectivity index is 1.84. The van der Waals surface area contributed by atoms with Gasteiger partial charge in [-0.05, 0) is 43.8 Å². The molecule has 1 aliphatic heterocycles. The average molecular weight is 533 g/mol. The fraction of sp³-hybridized carbons (Fsp3) is 0.296. The van der Waals surface area contributed by atoms with E-state index in [2.05, 4.69) is 26.6 Å². The number of aliphatic hydroxyl groups excluding tert-OH is 1. The van der Waals surface area contributed by atoms with E-state index in [1.165, 1.54) is 0 Å². The minimum atomic E-state index is -0.674. The molecule has 0 unspecified atom stereocenters. The molecule has 1 aromatic carbocycles. The Kier molecular flexibility index (Phi) is 8.53. The fourth-order valence-electron chi connectivity index (χ4n) is 4.32. The predicted octanol–water partition coefficient (Wildman–Crippen LogP) is 3.08. The molecular formula is C27H29ClN8O2. The zero-order valence-corrected chi connectivity index (χ0v) is 22.2. The average Bonchev–Trinajstić information content (AvgIpc) is 3.36. The van der Waals surface area contributed by atoms with Gasteiger partial charge in [0.25, 0.3) is 0 Å². The topological polar surface area (TPSA) is 143 Å². The highest BCUT2D eigenvalue weighted by Crippen LogP contribution is 2.36. The number of pyridine rings is 1. The molecule has 0 saturated carbocycles. The molecule has 4 rings (SSSR count). The number of aromatic nitrogens is 3. The van der Waals surface area contributed by atoms with E-state index in [1.807, 2.05) is 19.1 Å². The van der Waals surface area contributed by atoms with Crippen LogP contribution in [-0.2, 0) is 13.1 Å². The molecule has 2 aromatic heterocycles. The number of halogens is 1. The number of nitrogens with one attached hydrogen (secondary N) is 3. The first kappa shape index (κ1) is 27.0. The van der Waals surface area contributed by atoms with E-state index in [0.717, 1.165) is 23.0 Å². The van der Waals surface area contributed by atoms with Gasteiger partial charge in [-0.2, -0.15) is 5.26 Å². The van der Waals surface area contributed by atoms with Gasteiger partial charge < -0.3 is 30.8 Å². The molecule has 1 aliphatic rings. The number of fused-ring (bicyclic) bond motifs is 1. The lowest BCUT2D eigenvalue weighted by molar-refractivity contribution is 0.108. The van der Waals surface area contributed by atoms with Crippen molar-refractivity contribution in [3.05, 3.63) is 69.6 Å². The highest BCUT2D eigenvalue weighted by molar-refractivity contribution is 6.33. The number of hydrogen-bond donors (Lipinski definition) is 4. The summed E-state index contributed by atoms with van der Waals surface area (Å²) in [7, 11) is 3.44. The van der Waals surface area contributed by atoms with Gasteiger partial charge in [-0.15, -0.1) is 0 Å². The molecule has 0 bridgehead atoms. The third-order valence-corrected chi connectivity index (χ3v) is 6.52. The van der Waals surface area contributed by atoms with E-state index < -0.39 is 6.10 Å².